The molecule has 0 saturated carbocycles. The summed E-state index contributed by atoms with van der Waals surface area (Å²) < 4.78 is 36.1. The fraction of sp³-hybridized carbons (Fsp3) is 0.538. The zero-order valence-electron chi connectivity index (χ0n) is 11.7. The maximum atomic E-state index is 12.0. The number of hydrogen-bond acceptors (Lipinski definition) is 5. The summed E-state index contributed by atoms with van der Waals surface area (Å²) in [4.78, 5) is 0.157. The van der Waals surface area contributed by atoms with Crippen LogP contribution in [0.2, 0.25) is 0 Å². The molecule has 20 heavy (non-hydrogen) atoms. The number of sulfonamides is 1. The third-order valence-electron chi connectivity index (χ3n) is 3.21. The molecule has 1 aliphatic heterocycles. The monoisotopic (exact) mass is 300 g/mol. The molecule has 1 aliphatic rings. The highest BCUT2D eigenvalue weighted by Crippen LogP contribution is 2.26. The smallest absolute Gasteiger partial charge is 0.242 e. The zero-order chi connectivity index (χ0) is 14.8. The van der Waals surface area contributed by atoms with Crippen LogP contribution in [0.15, 0.2) is 23.1 Å². The Hall–Kier alpha value is -1.31. The van der Waals surface area contributed by atoms with Gasteiger partial charge in [-0.05, 0) is 31.0 Å². The number of nitrogens with zero attached hydrogens (tertiary/aromatic N) is 1. The minimum atomic E-state index is -3.47. The molecule has 0 radical (unpaired) electrons. The maximum Gasteiger partial charge on any atom is 0.242 e. The van der Waals surface area contributed by atoms with Gasteiger partial charge in [0.1, 0.15) is 12.4 Å². The fourth-order valence-electron chi connectivity index (χ4n) is 1.99. The van der Waals surface area contributed by atoms with Crippen LogP contribution in [0.25, 0.3) is 0 Å². The van der Waals surface area contributed by atoms with Gasteiger partial charge in [-0.1, -0.05) is 0 Å². The Morgan fingerprint density at radius 2 is 2.20 bits per heavy atom. The third-order valence-corrected chi connectivity index (χ3v) is 5.02. The van der Waals surface area contributed by atoms with Crippen molar-refractivity contribution in [2.24, 2.45) is 0 Å². The molecule has 1 aromatic rings. The number of benzene rings is 1. The molecule has 0 aliphatic carbocycles. The van der Waals surface area contributed by atoms with E-state index in [4.69, 9.17) is 15.2 Å². The summed E-state index contributed by atoms with van der Waals surface area (Å²) in [6, 6.07) is 4.50. The highest BCUT2D eigenvalue weighted by molar-refractivity contribution is 7.89. The van der Waals surface area contributed by atoms with Gasteiger partial charge in [-0.3, -0.25) is 0 Å². The van der Waals surface area contributed by atoms with Crippen molar-refractivity contribution in [1.82, 2.24) is 4.31 Å². The van der Waals surface area contributed by atoms with Crippen molar-refractivity contribution in [2.75, 3.05) is 33.0 Å². The Morgan fingerprint density at radius 1 is 1.45 bits per heavy atom. The van der Waals surface area contributed by atoms with Crippen LogP contribution in [0.5, 0.6) is 5.75 Å². The molecule has 2 N–H and O–H groups in total. The lowest BCUT2D eigenvalue weighted by atomic mass is 10.2. The molecule has 2 rings (SSSR count). The van der Waals surface area contributed by atoms with Gasteiger partial charge in [-0.25, -0.2) is 12.7 Å². The van der Waals surface area contributed by atoms with Crippen molar-refractivity contribution in [3.63, 3.8) is 0 Å². The summed E-state index contributed by atoms with van der Waals surface area (Å²) in [7, 11) is -0.515. The third kappa shape index (κ3) is 3.23. The van der Waals surface area contributed by atoms with Gasteiger partial charge in [0.05, 0.1) is 16.7 Å². The Balaban J connectivity index is 2.09. The van der Waals surface area contributed by atoms with Crippen molar-refractivity contribution < 1.29 is 17.9 Å². The van der Waals surface area contributed by atoms with E-state index in [2.05, 4.69) is 0 Å². The molecule has 1 unspecified atom stereocenters. The lowest BCUT2D eigenvalue weighted by molar-refractivity contribution is 0.0682. The average Bonchev–Trinajstić information content (AvgIpc) is 2.90. The summed E-state index contributed by atoms with van der Waals surface area (Å²) in [6.45, 7) is 1.20. The Labute approximate surface area is 119 Å². The first kappa shape index (κ1) is 15.1. The largest absolute Gasteiger partial charge is 0.489 e. The van der Waals surface area contributed by atoms with E-state index < -0.39 is 10.0 Å². The molecule has 0 spiro atoms. The fourth-order valence-corrected chi connectivity index (χ4v) is 2.93. The van der Waals surface area contributed by atoms with Crippen LogP contribution in [-0.4, -0.2) is 46.1 Å². The van der Waals surface area contributed by atoms with Crippen LogP contribution >= 0.6 is 0 Å². The lowest BCUT2D eigenvalue weighted by Gasteiger charge is -2.15. The first-order valence-electron chi connectivity index (χ1n) is 6.47. The Bertz CT molecular complexity index is 566. The van der Waals surface area contributed by atoms with E-state index in [-0.39, 0.29) is 11.0 Å². The van der Waals surface area contributed by atoms with Crippen LogP contribution in [0.1, 0.15) is 12.8 Å². The summed E-state index contributed by atoms with van der Waals surface area (Å²) >= 11 is 0. The predicted octanol–water partition coefficient (Wildman–Crippen LogP) is 1.08. The van der Waals surface area contributed by atoms with Crippen LogP contribution in [-0.2, 0) is 14.8 Å². The number of hydrogen-bond donors (Lipinski definition) is 1. The number of anilines is 1. The predicted molar refractivity (Wildman–Crippen MR) is 76.2 cm³/mol. The number of rotatable bonds is 5. The van der Waals surface area contributed by atoms with Gasteiger partial charge < -0.3 is 15.2 Å². The second-order valence-corrected chi connectivity index (χ2v) is 7.08. The first-order valence-corrected chi connectivity index (χ1v) is 7.91. The van der Waals surface area contributed by atoms with E-state index in [1.54, 1.807) is 6.07 Å². The molecular weight excluding hydrogens is 280 g/mol. The van der Waals surface area contributed by atoms with Gasteiger partial charge in [0.25, 0.3) is 0 Å². The molecule has 0 aromatic heterocycles. The van der Waals surface area contributed by atoms with Gasteiger partial charge in [0, 0.05) is 20.7 Å². The molecule has 1 aromatic carbocycles. The topological polar surface area (TPSA) is 81.9 Å². The normalized spacial score (nSPS) is 19.4. The summed E-state index contributed by atoms with van der Waals surface area (Å²) in [6.07, 6.45) is 2.12. The molecule has 1 atom stereocenters. The lowest BCUT2D eigenvalue weighted by Crippen LogP contribution is -2.22. The van der Waals surface area contributed by atoms with Gasteiger partial charge in [0.2, 0.25) is 10.0 Å². The summed E-state index contributed by atoms with van der Waals surface area (Å²) in [5, 5.41) is 0. The maximum absolute atomic E-state index is 12.0. The molecule has 6 nitrogen and oxygen atoms in total. The molecule has 1 heterocycles. The van der Waals surface area contributed by atoms with E-state index in [1.807, 2.05) is 0 Å². The Morgan fingerprint density at radius 3 is 2.75 bits per heavy atom. The van der Waals surface area contributed by atoms with Crippen molar-refractivity contribution in [2.45, 2.75) is 23.8 Å². The molecule has 1 fully saturated rings. The van der Waals surface area contributed by atoms with Gasteiger partial charge >= 0.3 is 0 Å². The van der Waals surface area contributed by atoms with E-state index in [1.165, 1.54) is 26.2 Å². The molecular formula is C13H20N2O4S. The highest BCUT2D eigenvalue weighted by Gasteiger charge is 2.20. The Kier molecular flexibility index (Phi) is 4.52. The van der Waals surface area contributed by atoms with Crippen molar-refractivity contribution in [1.29, 1.82) is 0 Å². The molecule has 0 amide bonds. The van der Waals surface area contributed by atoms with Crippen LogP contribution in [0.3, 0.4) is 0 Å². The van der Waals surface area contributed by atoms with Gasteiger partial charge in [-0.2, -0.15) is 0 Å². The molecule has 0 bridgehead atoms. The number of nitrogen functional groups attached to an aromatic ring is 1. The molecule has 1 saturated heterocycles. The highest BCUT2D eigenvalue weighted by atomic mass is 32.2. The standard InChI is InChI=1S/C13H20N2O4S/c1-15(2)20(16,17)11-5-6-13(12(14)8-11)19-9-10-4-3-7-18-10/h5-6,8,10H,3-4,7,9,14H2,1-2H3. The summed E-state index contributed by atoms with van der Waals surface area (Å²) in [5.41, 5.74) is 6.17. The quantitative estimate of drug-likeness (QED) is 0.823. The van der Waals surface area contributed by atoms with Crippen molar-refractivity contribution in [3.8, 4) is 5.75 Å². The second-order valence-electron chi connectivity index (χ2n) is 4.93. The molecule has 7 heteroatoms. The van der Waals surface area contributed by atoms with E-state index in [0.29, 0.717) is 18.0 Å². The van der Waals surface area contributed by atoms with E-state index in [0.717, 1.165) is 23.8 Å². The van der Waals surface area contributed by atoms with Gasteiger partial charge in [0.15, 0.2) is 0 Å². The summed E-state index contributed by atoms with van der Waals surface area (Å²) in [5.74, 6) is 0.484. The first-order chi connectivity index (χ1) is 9.41. The van der Waals surface area contributed by atoms with Crippen LogP contribution < -0.4 is 10.5 Å². The zero-order valence-corrected chi connectivity index (χ0v) is 12.5. The van der Waals surface area contributed by atoms with E-state index >= 15 is 0 Å². The molecule has 112 valence electrons. The minimum absolute atomic E-state index is 0.0968. The SMILES string of the molecule is CN(C)S(=O)(=O)c1ccc(OCC2CCCO2)c(N)c1. The van der Waals surface area contributed by atoms with Crippen molar-refractivity contribution >= 4 is 15.7 Å². The van der Waals surface area contributed by atoms with Crippen LogP contribution in [0, 0.1) is 0 Å². The number of nitrogens with two attached hydrogens (primary N) is 1. The van der Waals surface area contributed by atoms with Crippen LogP contribution in [0.4, 0.5) is 5.69 Å². The van der Waals surface area contributed by atoms with E-state index in [9.17, 15) is 8.42 Å². The van der Waals surface area contributed by atoms with Crippen molar-refractivity contribution in [3.05, 3.63) is 18.2 Å². The second kappa shape index (κ2) is 5.99. The minimum Gasteiger partial charge on any atom is -0.489 e. The van der Waals surface area contributed by atoms with Gasteiger partial charge in [-0.15, -0.1) is 0 Å². The number of ether oxygens (including phenoxy) is 2. The average molecular weight is 300 g/mol.